The van der Waals surface area contributed by atoms with Gasteiger partial charge in [-0.1, -0.05) is 113 Å². The Bertz CT molecular complexity index is 1780. The number of methoxy groups -OCH3 is 1. The number of aromatic amines is 1. The van der Waals surface area contributed by atoms with Crippen LogP contribution in [0.15, 0.2) is 109 Å². The van der Waals surface area contributed by atoms with E-state index < -0.39 is 0 Å². The smallest absolute Gasteiger partial charge is 0.373 e. The lowest BCUT2D eigenvalue weighted by atomic mass is 10.1. The maximum absolute atomic E-state index is 11.5. The van der Waals surface area contributed by atoms with Gasteiger partial charge < -0.3 is 14.3 Å². The van der Waals surface area contributed by atoms with E-state index in [0.29, 0.717) is 5.56 Å². The zero-order chi connectivity index (χ0) is 31.2. The number of benzene rings is 4. The number of nitrogens with zero attached hydrogens (tertiary/aromatic N) is 1. The summed E-state index contributed by atoms with van der Waals surface area (Å²) in [6.45, 7) is 7.23. The Morgan fingerprint density at radius 2 is 1.28 bits per heavy atom. The van der Waals surface area contributed by atoms with E-state index in [1.165, 1.54) is 40.4 Å². The minimum absolute atomic E-state index is 0.250. The lowest BCUT2D eigenvalue weighted by Crippen LogP contribution is -2.01. The van der Waals surface area contributed by atoms with E-state index in [-0.39, 0.29) is 12.1 Å². The molecule has 2 heterocycles. The first kappa shape index (κ1) is 32.8. The molecule has 7 heteroatoms. The molecule has 0 saturated heterocycles. The van der Waals surface area contributed by atoms with Gasteiger partial charge in [-0.3, -0.25) is 0 Å². The van der Waals surface area contributed by atoms with E-state index in [2.05, 4.69) is 106 Å². The van der Waals surface area contributed by atoms with Gasteiger partial charge in [0.1, 0.15) is 0 Å². The third-order valence-electron chi connectivity index (χ3n) is 7.01. The summed E-state index contributed by atoms with van der Waals surface area (Å²) in [4.78, 5) is 30.9. The van der Waals surface area contributed by atoms with Crippen LogP contribution in [0, 0.1) is 20.8 Å². The molecule has 6 rings (SSSR count). The molecule has 1 N–H and O–H groups in total. The Hall–Kier alpha value is -4.71. The van der Waals surface area contributed by atoms with Crippen molar-refractivity contribution >= 4 is 49.9 Å². The van der Waals surface area contributed by atoms with Gasteiger partial charge in [-0.05, 0) is 49.6 Å². The Morgan fingerprint density at radius 3 is 1.84 bits per heavy atom. The predicted molar refractivity (Wildman–Crippen MR) is 175 cm³/mol. The monoisotopic (exact) mass is 638 g/mol. The fraction of sp³-hybridized carbons (Fsp3) is 0.167. The standard InChI is InChI=1S/C17H17N.C11H11NO2.C7H7Br.CO2/c1-13-14(2)18(12-15-8-4-3-5-9-15)17-11-7-6-10-16(13)17;1-7-10(11(13)14-2)8-5-3-4-6-9(8)12-7;8-6-7-4-2-1-3-5-7;2-1-3/h3-11H,12H2,1-2H3;3-6,12H,1-2H3;1-5H,6H2;. The Balaban J connectivity index is 0.000000180. The number of hydrogen-bond donors (Lipinski definition) is 1. The molecular weight excluding hydrogens is 604 g/mol. The van der Waals surface area contributed by atoms with E-state index in [1.54, 1.807) is 0 Å². The Kier molecular flexibility index (Phi) is 12.7. The molecule has 6 nitrogen and oxygen atoms in total. The molecule has 0 aliphatic rings. The fourth-order valence-electron chi connectivity index (χ4n) is 4.78. The average Bonchev–Trinajstić information content (AvgIpc) is 3.51. The van der Waals surface area contributed by atoms with Crippen LogP contribution in [0.4, 0.5) is 0 Å². The molecule has 0 fully saturated rings. The maximum atomic E-state index is 11.5. The molecule has 0 atom stereocenters. The van der Waals surface area contributed by atoms with Crippen molar-refractivity contribution in [3.63, 3.8) is 0 Å². The summed E-state index contributed by atoms with van der Waals surface area (Å²) in [5.74, 6) is -0.292. The first-order chi connectivity index (χ1) is 20.9. The van der Waals surface area contributed by atoms with Crippen molar-refractivity contribution in [3.8, 4) is 0 Å². The summed E-state index contributed by atoms with van der Waals surface area (Å²) < 4.78 is 7.13. The van der Waals surface area contributed by atoms with Crippen molar-refractivity contribution in [2.75, 3.05) is 7.11 Å². The molecule has 0 unspecified atom stereocenters. The van der Waals surface area contributed by atoms with E-state index >= 15 is 0 Å². The lowest BCUT2D eigenvalue weighted by molar-refractivity contribution is -0.191. The highest BCUT2D eigenvalue weighted by atomic mass is 79.9. The van der Waals surface area contributed by atoms with Gasteiger partial charge in [0, 0.05) is 45.1 Å². The van der Waals surface area contributed by atoms with Crippen LogP contribution in [0.5, 0.6) is 0 Å². The number of esters is 1. The molecule has 6 aromatic rings. The molecule has 0 aliphatic heterocycles. The number of ether oxygens (including phenoxy) is 1. The number of carbonyl (C=O) groups excluding carboxylic acids is 3. The number of para-hydroxylation sites is 2. The number of fused-ring (bicyclic) bond motifs is 2. The molecule has 0 aliphatic carbocycles. The zero-order valence-electron chi connectivity index (χ0n) is 24.8. The normalized spacial score (nSPS) is 9.88. The molecule has 0 spiro atoms. The summed E-state index contributed by atoms with van der Waals surface area (Å²) in [5.41, 5.74) is 9.19. The van der Waals surface area contributed by atoms with Crippen LogP contribution in [0.1, 0.15) is 38.4 Å². The van der Waals surface area contributed by atoms with Gasteiger partial charge in [0.05, 0.1) is 12.7 Å². The number of H-pyrrole nitrogens is 1. The van der Waals surface area contributed by atoms with Gasteiger partial charge in [-0.2, -0.15) is 9.59 Å². The highest BCUT2D eigenvalue weighted by Gasteiger charge is 2.15. The molecular formula is C36H35BrN2O4. The SMILES string of the molecule is BrCc1ccccc1.COC(=O)c1c(C)[nH]c2ccccc12.Cc1c(C)n(Cc2ccccc2)c2ccccc12.O=C=O. The van der Waals surface area contributed by atoms with E-state index in [0.717, 1.165) is 28.5 Å². The number of aromatic nitrogens is 2. The number of hydrogen-bond acceptors (Lipinski definition) is 4. The summed E-state index contributed by atoms with van der Waals surface area (Å²) in [6, 6.07) is 37.2. The summed E-state index contributed by atoms with van der Waals surface area (Å²) in [7, 11) is 1.39. The van der Waals surface area contributed by atoms with Crippen LogP contribution >= 0.6 is 15.9 Å². The van der Waals surface area contributed by atoms with Crippen molar-refractivity contribution in [1.29, 1.82) is 0 Å². The topological polar surface area (TPSA) is 81.2 Å². The molecule has 220 valence electrons. The average molecular weight is 640 g/mol. The van der Waals surface area contributed by atoms with Gasteiger partial charge in [-0.15, -0.1) is 0 Å². The van der Waals surface area contributed by atoms with E-state index in [1.807, 2.05) is 49.4 Å². The molecule has 43 heavy (non-hydrogen) atoms. The van der Waals surface area contributed by atoms with E-state index in [9.17, 15) is 4.79 Å². The van der Waals surface area contributed by atoms with Crippen molar-refractivity contribution in [3.05, 3.63) is 143 Å². The minimum Gasteiger partial charge on any atom is -0.465 e. The molecule has 0 saturated carbocycles. The Morgan fingerprint density at radius 1 is 0.767 bits per heavy atom. The Labute approximate surface area is 260 Å². The summed E-state index contributed by atoms with van der Waals surface area (Å²) >= 11 is 3.36. The number of aryl methyl sites for hydroxylation is 2. The highest BCUT2D eigenvalue weighted by Crippen LogP contribution is 2.26. The zero-order valence-corrected chi connectivity index (χ0v) is 26.4. The molecule has 2 aromatic heterocycles. The van der Waals surface area contributed by atoms with E-state index in [4.69, 9.17) is 14.3 Å². The van der Waals surface area contributed by atoms with Crippen LogP contribution in [0.2, 0.25) is 0 Å². The molecule has 4 aromatic carbocycles. The second-order valence-corrected chi connectivity index (χ2v) is 10.2. The lowest BCUT2D eigenvalue weighted by Gasteiger charge is -2.08. The van der Waals surface area contributed by atoms with Crippen LogP contribution in [-0.4, -0.2) is 28.8 Å². The fourth-order valence-corrected chi connectivity index (χ4v) is 5.16. The van der Waals surface area contributed by atoms with Crippen LogP contribution in [-0.2, 0) is 26.2 Å². The number of carbonyl (C=O) groups is 1. The molecule has 0 bridgehead atoms. The first-order valence-electron chi connectivity index (χ1n) is 13.7. The first-order valence-corrected chi connectivity index (χ1v) is 14.8. The van der Waals surface area contributed by atoms with Crippen molar-refractivity contribution in [2.24, 2.45) is 0 Å². The van der Waals surface area contributed by atoms with Gasteiger partial charge in [-0.25, -0.2) is 4.79 Å². The number of halogens is 1. The maximum Gasteiger partial charge on any atom is 0.373 e. The largest absolute Gasteiger partial charge is 0.465 e. The predicted octanol–water partition coefficient (Wildman–Crippen LogP) is 8.57. The number of alkyl halides is 1. The van der Waals surface area contributed by atoms with Crippen molar-refractivity contribution < 1.29 is 19.1 Å². The summed E-state index contributed by atoms with van der Waals surface area (Å²) in [6.07, 6.45) is 0.250. The van der Waals surface area contributed by atoms with Crippen LogP contribution in [0.3, 0.4) is 0 Å². The number of nitrogens with one attached hydrogen (secondary N) is 1. The van der Waals surface area contributed by atoms with Crippen molar-refractivity contribution in [1.82, 2.24) is 9.55 Å². The van der Waals surface area contributed by atoms with Gasteiger partial charge in [0.25, 0.3) is 0 Å². The quantitative estimate of drug-likeness (QED) is 0.155. The van der Waals surface area contributed by atoms with Gasteiger partial charge in [0.15, 0.2) is 0 Å². The molecule has 0 radical (unpaired) electrons. The minimum atomic E-state index is -0.292. The number of rotatable bonds is 4. The van der Waals surface area contributed by atoms with Crippen molar-refractivity contribution in [2.45, 2.75) is 32.6 Å². The third kappa shape index (κ3) is 8.65. The third-order valence-corrected chi connectivity index (χ3v) is 7.66. The highest BCUT2D eigenvalue weighted by molar-refractivity contribution is 9.08. The summed E-state index contributed by atoms with van der Waals surface area (Å²) in [5, 5.41) is 3.23. The second-order valence-electron chi connectivity index (χ2n) is 9.66. The van der Waals surface area contributed by atoms with Gasteiger partial charge >= 0.3 is 12.1 Å². The second kappa shape index (κ2) is 16.7. The van der Waals surface area contributed by atoms with Crippen LogP contribution in [0.25, 0.3) is 21.8 Å². The molecule has 0 amide bonds. The van der Waals surface area contributed by atoms with Gasteiger partial charge in [0.2, 0.25) is 0 Å². The van der Waals surface area contributed by atoms with Crippen LogP contribution < -0.4 is 0 Å².